The van der Waals surface area contributed by atoms with Crippen LogP contribution in [0.1, 0.15) is 37.1 Å². The monoisotopic (exact) mass is 331 g/mol. The molecule has 0 radical (unpaired) electrons. The Morgan fingerprint density at radius 3 is 2.44 bits per heavy atom. The normalized spacial score (nSPS) is 32.1. The van der Waals surface area contributed by atoms with E-state index in [9.17, 15) is 0 Å². The molecule has 2 aliphatic heterocycles. The largest absolute Gasteiger partial charge is 0.291 e. The van der Waals surface area contributed by atoms with Gasteiger partial charge in [-0.2, -0.15) is 5.10 Å². The average molecular weight is 333 g/mol. The van der Waals surface area contributed by atoms with Crippen LogP contribution in [0.15, 0.2) is 0 Å². The van der Waals surface area contributed by atoms with Crippen molar-refractivity contribution >= 4 is 27.5 Å². The highest BCUT2D eigenvalue weighted by molar-refractivity contribution is 9.09. The zero-order valence-corrected chi connectivity index (χ0v) is 13.2. The molecular formula is C13H19BrClN3. The summed E-state index contributed by atoms with van der Waals surface area (Å²) in [7, 11) is 1.99. The zero-order valence-electron chi connectivity index (χ0n) is 10.9. The number of alkyl halides is 1. The Balaban J connectivity index is 1.81. The summed E-state index contributed by atoms with van der Waals surface area (Å²) in [6.07, 6.45) is 5.21. The number of aryl methyl sites for hydroxylation is 2. The van der Waals surface area contributed by atoms with Crippen molar-refractivity contribution in [3.63, 3.8) is 0 Å². The number of rotatable bonds is 2. The van der Waals surface area contributed by atoms with Crippen LogP contribution in [0.2, 0.25) is 5.02 Å². The third-order valence-corrected chi connectivity index (χ3v) is 5.66. The van der Waals surface area contributed by atoms with E-state index in [2.05, 4.69) is 25.9 Å². The van der Waals surface area contributed by atoms with E-state index in [1.54, 1.807) is 0 Å². The molecule has 2 saturated heterocycles. The highest BCUT2D eigenvalue weighted by atomic mass is 79.9. The standard InChI is InChI=1S/C13H19BrClN3/c1-8-13(15)12(17(2)16-8)7-18-10-3-4-11(18)6-9(14)5-10/h9-11H,3-7H2,1-2H3. The van der Waals surface area contributed by atoms with Gasteiger partial charge in [-0.3, -0.25) is 9.58 Å². The summed E-state index contributed by atoms with van der Waals surface area (Å²) in [5.74, 6) is 0. The lowest BCUT2D eigenvalue weighted by atomic mass is 10.0. The van der Waals surface area contributed by atoms with Crippen molar-refractivity contribution in [3.05, 3.63) is 16.4 Å². The van der Waals surface area contributed by atoms with E-state index in [4.69, 9.17) is 11.6 Å². The van der Waals surface area contributed by atoms with E-state index < -0.39 is 0 Å². The fourth-order valence-electron chi connectivity index (χ4n) is 3.49. The summed E-state index contributed by atoms with van der Waals surface area (Å²) in [6.45, 7) is 2.93. The topological polar surface area (TPSA) is 21.1 Å². The van der Waals surface area contributed by atoms with E-state index in [0.717, 1.165) is 29.3 Å². The molecule has 18 heavy (non-hydrogen) atoms. The Morgan fingerprint density at radius 2 is 1.94 bits per heavy atom. The van der Waals surface area contributed by atoms with Crippen LogP contribution in [-0.2, 0) is 13.6 Å². The second-order valence-electron chi connectivity index (χ2n) is 5.60. The Labute approximate surface area is 122 Å². The molecule has 0 saturated carbocycles. The first-order chi connectivity index (χ1) is 8.56. The van der Waals surface area contributed by atoms with Crippen LogP contribution in [0.25, 0.3) is 0 Å². The zero-order chi connectivity index (χ0) is 12.9. The minimum Gasteiger partial charge on any atom is -0.291 e. The van der Waals surface area contributed by atoms with Gasteiger partial charge >= 0.3 is 0 Å². The lowest BCUT2D eigenvalue weighted by Gasteiger charge is -2.37. The van der Waals surface area contributed by atoms with Crippen molar-refractivity contribution in [2.24, 2.45) is 7.05 Å². The molecule has 3 rings (SSSR count). The maximum Gasteiger partial charge on any atom is 0.0860 e. The van der Waals surface area contributed by atoms with Gasteiger partial charge in [0.25, 0.3) is 0 Å². The summed E-state index contributed by atoms with van der Waals surface area (Å²) >= 11 is 10.1. The van der Waals surface area contributed by atoms with Gasteiger partial charge in [0.2, 0.25) is 0 Å². The molecule has 2 fully saturated rings. The first kappa shape index (κ1) is 12.9. The Kier molecular flexibility index (Phi) is 3.45. The lowest BCUT2D eigenvalue weighted by molar-refractivity contribution is 0.133. The van der Waals surface area contributed by atoms with E-state index in [-0.39, 0.29) is 0 Å². The summed E-state index contributed by atoms with van der Waals surface area (Å²) in [4.78, 5) is 3.34. The lowest BCUT2D eigenvalue weighted by Crippen LogP contribution is -2.42. The fraction of sp³-hybridized carbons (Fsp3) is 0.769. The smallest absolute Gasteiger partial charge is 0.0860 e. The second-order valence-corrected chi connectivity index (χ2v) is 7.27. The highest BCUT2D eigenvalue weighted by Crippen LogP contribution is 2.39. The van der Waals surface area contributed by atoms with Gasteiger partial charge in [-0.1, -0.05) is 27.5 Å². The molecule has 2 bridgehead atoms. The van der Waals surface area contributed by atoms with Gasteiger partial charge < -0.3 is 0 Å². The quantitative estimate of drug-likeness (QED) is 0.775. The molecule has 0 aliphatic carbocycles. The van der Waals surface area contributed by atoms with Gasteiger partial charge in [-0.05, 0) is 32.6 Å². The van der Waals surface area contributed by atoms with Crippen LogP contribution in [0.4, 0.5) is 0 Å². The fourth-order valence-corrected chi connectivity index (χ4v) is 4.57. The van der Waals surface area contributed by atoms with E-state index in [1.807, 2.05) is 18.7 Å². The molecule has 2 aliphatic rings. The number of piperidine rings is 1. The maximum absolute atomic E-state index is 6.36. The molecule has 2 unspecified atom stereocenters. The molecule has 100 valence electrons. The van der Waals surface area contributed by atoms with Crippen LogP contribution in [0.3, 0.4) is 0 Å². The molecule has 0 spiro atoms. The van der Waals surface area contributed by atoms with Crippen LogP contribution in [0.5, 0.6) is 0 Å². The Hall–Kier alpha value is -0.0600. The molecule has 3 nitrogen and oxygen atoms in total. The van der Waals surface area contributed by atoms with Crippen LogP contribution >= 0.6 is 27.5 Å². The van der Waals surface area contributed by atoms with Crippen molar-refractivity contribution in [3.8, 4) is 0 Å². The Bertz CT molecular complexity index is 445. The molecular weight excluding hydrogens is 314 g/mol. The predicted molar refractivity (Wildman–Crippen MR) is 77.3 cm³/mol. The summed E-state index contributed by atoms with van der Waals surface area (Å²) < 4.78 is 1.94. The van der Waals surface area contributed by atoms with Crippen molar-refractivity contribution in [1.29, 1.82) is 0 Å². The van der Waals surface area contributed by atoms with E-state index >= 15 is 0 Å². The average Bonchev–Trinajstić information content (AvgIpc) is 2.68. The van der Waals surface area contributed by atoms with Crippen LogP contribution < -0.4 is 0 Å². The maximum atomic E-state index is 6.36. The van der Waals surface area contributed by atoms with Gasteiger partial charge in [0.15, 0.2) is 0 Å². The van der Waals surface area contributed by atoms with E-state index in [1.165, 1.54) is 31.4 Å². The van der Waals surface area contributed by atoms with Crippen LogP contribution in [0, 0.1) is 6.92 Å². The minimum absolute atomic E-state index is 0.704. The number of nitrogens with zero attached hydrogens (tertiary/aromatic N) is 3. The number of hydrogen-bond acceptors (Lipinski definition) is 2. The molecule has 2 atom stereocenters. The molecule has 0 aromatic carbocycles. The first-order valence-corrected chi connectivity index (χ1v) is 7.93. The van der Waals surface area contributed by atoms with Crippen molar-refractivity contribution < 1.29 is 0 Å². The third-order valence-electron chi connectivity index (χ3n) is 4.42. The van der Waals surface area contributed by atoms with Crippen molar-refractivity contribution in [2.45, 2.75) is 56.1 Å². The number of aromatic nitrogens is 2. The number of halogens is 2. The first-order valence-electron chi connectivity index (χ1n) is 6.64. The molecule has 0 amide bonds. The second kappa shape index (κ2) is 4.80. The SMILES string of the molecule is Cc1nn(C)c(CN2C3CCC2CC(Br)C3)c1Cl. The highest BCUT2D eigenvalue weighted by Gasteiger charge is 2.40. The molecule has 5 heteroatoms. The van der Waals surface area contributed by atoms with Gasteiger partial charge in [-0.15, -0.1) is 0 Å². The van der Waals surface area contributed by atoms with Gasteiger partial charge in [0.1, 0.15) is 0 Å². The molecule has 0 N–H and O–H groups in total. The number of hydrogen-bond donors (Lipinski definition) is 0. The van der Waals surface area contributed by atoms with Gasteiger partial charge in [0, 0.05) is 30.5 Å². The van der Waals surface area contributed by atoms with Crippen molar-refractivity contribution in [1.82, 2.24) is 14.7 Å². The van der Waals surface area contributed by atoms with Gasteiger partial charge in [-0.25, -0.2) is 0 Å². The molecule has 1 aromatic heterocycles. The molecule has 1 aromatic rings. The summed E-state index contributed by atoms with van der Waals surface area (Å²) in [5, 5.41) is 5.26. The Morgan fingerprint density at radius 1 is 1.33 bits per heavy atom. The summed E-state index contributed by atoms with van der Waals surface area (Å²) in [6, 6.07) is 1.44. The third kappa shape index (κ3) is 2.12. The van der Waals surface area contributed by atoms with E-state index in [0.29, 0.717) is 4.83 Å². The predicted octanol–water partition coefficient (Wildman–Crippen LogP) is 3.27. The van der Waals surface area contributed by atoms with Crippen LogP contribution in [-0.4, -0.2) is 31.6 Å². The summed E-state index contributed by atoms with van der Waals surface area (Å²) in [5.41, 5.74) is 2.11. The van der Waals surface area contributed by atoms with Crippen molar-refractivity contribution in [2.75, 3.05) is 0 Å². The van der Waals surface area contributed by atoms with Gasteiger partial charge in [0.05, 0.1) is 16.4 Å². The molecule has 3 heterocycles. The number of fused-ring (bicyclic) bond motifs is 2. The minimum atomic E-state index is 0.704.